The van der Waals surface area contributed by atoms with Gasteiger partial charge >= 0.3 is 0 Å². The average molecular weight is 313 g/mol. The molecule has 0 rings (SSSR count). The molecule has 2 nitrogen and oxygen atoms in total. The van der Waals surface area contributed by atoms with Gasteiger partial charge in [-0.25, -0.2) is 0 Å². The molecule has 3 heteroatoms. The van der Waals surface area contributed by atoms with Crippen LogP contribution in [-0.2, 0) is 4.43 Å². The minimum atomic E-state index is -1.86. The van der Waals surface area contributed by atoms with Gasteiger partial charge in [0, 0.05) is 11.8 Å². The van der Waals surface area contributed by atoms with Crippen molar-refractivity contribution in [3.05, 3.63) is 0 Å². The third-order valence-corrected chi connectivity index (χ3v) is 9.75. The quantitative estimate of drug-likeness (QED) is 0.546. The molecule has 1 N–H and O–H groups in total. The van der Waals surface area contributed by atoms with E-state index in [1.807, 2.05) is 6.92 Å². The Morgan fingerprint density at radius 1 is 1.19 bits per heavy atom. The number of hydrogen-bond donors (Lipinski definition) is 1. The lowest BCUT2D eigenvalue weighted by Gasteiger charge is -2.44. The first-order chi connectivity index (χ1) is 9.39. The van der Waals surface area contributed by atoms with E-state index >= 15 is 0 Å². The number of hydrogen-bond acceptors (Lipinski definition) is 2. The zero-order chi connectivity index (χ0) is 17.0. The Balaban J connectivity index is 5.29. The van der Waals surface area contributed by atoms with Crippen LogP contribution >= 0.6 is 0 Å². The molecule has 0 amide bonds. The van der Waals surface area contributed by atoms with Crippen LogP contribution in [0.1, 0.15) is 54.9 Å². The highest BCUT2D eigenvalue weighted by atomic mass is 28.4. The first kappa shape index (κ1) is 20.7. The highest BCUT2D eigenvalue weighted by Crippen LogP contribution is 2.40. The van der Waals surface area contributed by atoms with Gasteiger partial charge in [-0.2, -0.15) is 0 Å². The van der Waals surface area contributed by atoms with Crippen LogP contribution in [0.15, 0.2) is 0 Å². The Kier molecular flexibility index (Phi) is 7.69. The van der Waals surface area contributed by atoms with E-state index in [9.17, 15) is 5.11 Å². The van der Waals surface area contributed by atoms with E-state index in [4.69, 9.17) is 10.8 Å². The van der Waals surface area contributed by atoms with Crippen molar-refractivity contribution in [1.29, 1.82) is 0 Å². The summed E-state index contributed by atoms with van der Waals surface area (Å²) in [6.07, 6.45) is 6.06. The summed E-state index contributed by atoms with van der Waals surface area (Å²) in [6, 6.07) is 0. The van der Waals surface area contributed by atoms with E-state index in [1.165, 1.54) is 0 Å². The van der Waals surface area contributed by atoms with Crippen LogP contribution in [0, 0.1) is 30.1 Å². The lowest BCUT2D eigenvalue weighted by atomic mass is 9.84. The molecule has 0 aliphatic heterocycles. The van der Waals surface area contributed by atoms with Crippen molar-refractivity contribution in [1.82, 2.24) is 0 Å². The summed E-state index contributed by atoms with van der Waals surface area (Å²) in [7, 11) is -1.86. The summed E-state index contributed by atoms with van der Waals surface area (Å²) in [5.41, 5.74) is 0. The first-order valence-corrected chi connectivity index (χ1v) is 11.1. The van der Waals surface area contributed by atoms with Crippen LogP contribution in [-0.4, -0.2) is 25.6 Å². The van der Waals surface area contributed by atoms with Crippen LogP contribution < -0.4 is 0 Å². The largest absolute Gasteiger partial charge is 0.413 e. The highest BCUT2D eigenvalue weighted by molar-refractivity contribution is 6.74. The van der Waals surface area contributed by atoms with Gasteiger partial charge in [0.1, 0.15) is 0 Å². The Morgan fingerprint density at radius 3 is 2.00 bits per heavy atom. The maximum Gasteiger partial charge on any atom is 0.192 e. The smallest absolute Gasteiger partial charge is 0.192 e. The number of aliphatic hydroxyl groups is 1. The predicted molar refractivity (Wildman–Crippen MR) is 94.7 cm³/mol. The molecule has 0 aromatic carbocycles. The molecule has 0 aliphatic carbocycles. The summed E-state index contributed by atoms with van der Waals surface area (Å²) >= 11 is 0. The molecule has 0 aromatic rings. The van der Waals surface area contributed by atoms with Gasteiger partial charge in [0.15, 0.2) is 8.32 Å². The Bertz CT molecular complexity index is 351. The lowest BCUT2D eigenvalue weighted by Crippen LogP contribution is -2.49. The van der Waals surface area contributed by atoms with Crippen molar-refractivity contribution in [3.8, 4) is 12.3 Å². The van der Waals surface area contributed by atoms with E-state index in [0.717, 1.165) is 6.42 Å². The molecule has 0 aliphatic rings. The van der Waals surface area contributed by atoms with Gasteiger partial charge in [0.05, 0.1) is 12.2 Å². The minimum absolute atomic E-state index is 0.0418. The van der Waals surface area contributed by atoms with Crippen molar-refractivity contribution < 1.29 is 9.53 Å². The molecule has 0 bridgehead atoms. The van der Waals surface area contributed by atoms with E-state index in [1.54, 1.807) is 0 Å². The van der Waals surface area contributed by atoms with Crippen molar-refractivity contribution in [2.75, 3.05) is 0 Å². The molecule has 0 fully saturated rings. The Hall–Kier alpha value is -0.303. The van der Waals surface area contributed by atoms with Crippen molar-refractivity contribution in [3.63, 3.8) is 0 Å². The van der Waals surface area contributed by atoms with Gasteiger partial charge in [0.25, 0.3) is 0 Å². The Labute approximate surface area is 133 Å². The predicted octanol–water partition coefficient (Wildman–Crippen LogP) is 4.69. The summed E-state index contributed by atoms with van der Waals surface area (Å²) in [5.74, 6) is 2.97. The van der Waals surface area contributed by atoms with Crippen LogP contribution in [0.3, 0.4) is 0 Å². The molecule has 21 heavy (non-hydrogen) atoms. The molecular formula is C18H36O2Si. The fourth-order valence-corrected chi connectivity index (χ4v) is 3.72. The zero-order valence-corrected chi connectivity index (χ0v) is 16.5. The average Bonchev–Trinajstić information content (AvgIpc) is 2.40. The van der Waals surface area contributed by atoms with Gasteiger partial charge in [0.2, 0.25) is 0 Å². The van der Waals surface area contributed by atoms with Gasteiger partial charge in [-0.1, -0.05) is 48.0 Å². The molecule has 5 atom stereocenters. The molecule has 124 valence electrons. The lowest BCUT2D eigenvalue weighted by molar-refractivity contribution is -0.0125. The van der Waals surface area contributed by atoms with E-state index in [2.05, 4.69) is 60.6 Å². The normalized spacial score (nSPS) is 20.2. The monoisotopic (exact) mass is 312 g/mol. The van der Waals surface area contributed by atoms with Crippen LogP contribution in [0.5, 0.6) is 0 Å². The second-order valence-electron chi connectivity index (χ2n) is 8.03. The first-order valence-electron chi connectivity index (χ1n) is 8.21. The molecular weight excluding hydrogens is 276 g/mol. The molecule has 0 saturated carbocycles. The van der Waals surface area contributed by atoms with E-state index < -0.39 is 14.4 Å². The second kappa shape index (κ2) is 7.81. The van der Waals surface area contributed by atoms with Gasteiger partial charge in [-0.15, -0.1) is 12.3 Å². The Morgan fingerprint density at radius 2 is 1.67 bits per heavy atom. The van der Waals surface area contributed by atoms with Gasteiger partial charge in [-0.3, -0.25) is 0 Å². The van der Waals surface area contributed by atoms with Crippen molar-refractivity contribution in [2.45, 2.75) is 85.2 Å². The third-order valence-electron chi connectivity index (χ3n) is 5.27. The fraction of sp³-hybridized carbons (Fsp3) is 0.889. The van der Waals surface area contributed by atoms with E-state index in [0.29, 0.717) is 5.92 Å². The third kappa shape index (κ3) is 5.43. The molecule has 0 spiro atoms. The van der Waals surface area contributed by atoms with Crippen LogP contribution in [0.4, 0.5) is 0 Å². The number of aliphatic hydroxyl groups excluding tert-OH is 1. The SMILES string of the molecule is C#C[C@H](C)[C@H](O)[C@@H](C)[C@H](O[Si](C)(C)C(C)(C)C)[C@@H](C)CC. The molecule has 0 heterocycles. The standard InChI is InChI=1S/C18H36O2Si/c1-11-13(3)16(19)15(5)17(14(4)12-2)20-21(9,10)18(6,7)8/h1,13-17,19H,12H2,2-10H3/t13-,14-,15+,16-,17+/m0/s1. The maximum absolute atomic E-state index is 10.5. The summed E-state index contributed by atoms with van der Waals surface area (Å²) in [5, 5.41) is 10.7. The number of rotatable bonds is 7. The number of terminal acetylenes is 1. The van der Waals surface area contributed by atoms with Crippen molar-refractivity contribution >= 4 is 8.32 Å². The van der Waals surface area contributed by atoms with E-state index in [-0.39, 0.29) is 23.0 Å². The topological polar surface area (TPSA) is 29.5 Å². The molecule has 0 unspecified atom stereocenters. The summed E-state index contributed by atoms with van der Waals surface area (Å²) < 4.78 is 6.64. The zero-order valence-electron chi connectivity index (χ0n) is 15.5. The molecule has 0 radical (unpaired) electrons. The van der Waals surface area contributed by atoms with Crippen LogP contribution in [0.2, 0.25) is 18.1 Å². The molecule has 0 saturated heterocycles. The van der Waals surface area contributed by atoms with Crippen molar-refractivity contribution in [2.24, 2.45) is 17.8 Å². The van der Waals surface area contributed by atoms with Gasteiger partial charge in [-0.05, 0) is 31.0 Å². The summed E-state index contributed by atoms with van der Waals surface area (Å²) in [4.78, 5) is 0. The molecule has 0 aromatic heterocycles. The maximum atomic E-state index is 10.5. The van der Waals surface area contributed by atoms with Crippen LogP contribution in [0.25, 0.3) is 0 Å². The minimum Gasteiger partial charge on any atom is -0.413 e. The van der Waals surface area contributed by atoms with Gasteiger partial charge < -0.3 is 9.53 Å². The second-order valence-corrected chi connectivity index (χ2v) is 12.8. The fourth-order valence-electron chi connectivity index (χ4n) is 2.24. The highest BCUT2D eigenvalue weighted by Gasteiger charge is 2.42. The summed E-state index contributed by atoms with van der Waals surface area (Å²) in [6.45, 7) is 19.6.